The SMILES string of the molecule is Cc1ccc(C#N)c(NC2CCC(C(N)=O)CC2)c1. The van der Waals surface area contributed by atoms with Crippen LogP contribution in [0.15, 0.2) is 18.2 Å². The molecule has 0 unspecified atom stereocenters. The molecule has 0 radical (unpaired) electrons. The molecule has 1 aromatic rings. The summed E-state index contributed by atoms with van der Waals surface area (Å²) in [7, 11) is 0. The van der Waals surface area contributed by atoms with Gasteiger partial charge in [-0.3, -0.25) is 4.79 Å². The van der Waals surface area contributed by atoms with E-state index in [1.807, 2.05) is 25.1 Å². The molecule has 100 valence electrons. The summed E-state index contributed by atoms with van der Waals surface area (Å²) in [5, 5.41) is 12.5. The van der Waals surface area contributed by atoms with Gasteiger partial charge in [-0.15, -0.1) is 0 Å². The van der Waals surface area contributed by atoms with Crippen LogP contribution in [0.5, 0.6) is 0 Å². The largest absolute Gasteiger partial charge is 0.381 e. The predicted molar refractivity (Wildman–Crippen MR) is 74.5 cm³/mol. The van der Waals surface area contributed by atoms with Crippen LogP contribution in [0.25, 0.3) is 0 Å². The fourth-order valence-corrected chi connectivity index (χ4v) is 2.62. The third-order valence-electron chi connectivity index (χ3n) is 3.78. The van der Waals surface area contributed by atoms with Crippen molar-refractivity contribution in [2.24, 2.45) is 11.7 Å². The second-order valence-corrected chi connectivity index (χ2v) is 5.26. The van der Waals surface area contributed by atoms with Crippen LogP contribution in [0.3, 0.4) is 0 Å². The third kappa shape index (κ3) is 3.25. The monoisotopic (exact) mass is 257 g/mol. The summed E-state index contributed by atoms with van der Waals surface area (Å²) in [4.78, 5) is 11.1. The molecule has 1 saturated carbocycles. The van der Waals surface area contributed by atoms with E-state index in [9.17, 15) is 4.79 Å². The fraction of sp³-hybridized carbons (Fsp3) is 0.467. The number of amides is 1. The van der Waals surface area contributed by atoms with Gasteiger partial charge in [0.05, 0.1) is 11.3 Å². The third-order valence-corrected chi connectivity index (χ3v) is 3.78. The zero-order chi connectivity index (χ0) is 13.8. The molecule has 1 amide bonds. The number of carbonyl (C=O) groups excluding carboxylic acids is 1. The lowest BCUT2D eigenvalue weighted by Gasteiger charge is -2.28. The van der Waals surface area contributed by atoms with Gasteiger partial charge in [0.1, 0.15) is 6.07 Å². The minimum absolute atomic E-state index is 0.0194. The lowest BCUT2D eigenvalue weighted by atomic mass is 9.85. The molecule has 1 aliphatic carbocycles. The highest BCUT2D eigenvalue weighted by Gasteiger charge is 2.24. The van der Waals surface area contributed by atoms with Crippen molar-refractivity contribution in [3.8, 4) is 6.07 Å². The molecule has 0 atom stereocenters. The summed E-state index contributed by atoms with van der Waals surface area (Å²) in [6, 6.07) is 8.30. The number of nitrogens with zero attached hydrogens (tertiary/aromatic N) is 1. The molecule has 0 aliphatic heterocycles. The van der Waals surface area contributed by atoms with Crippen LogP contribution in [0.2, 0.25) is 0 Å². The van der Waals surface area contributed by atoms with Crippen LogP contribution >= 0.6 is 0 Å². The van der Waals surface area contributed by atoms with Gasteiger partial charge in [0, 0.05) is 12.0 Å². The van der Waals surface area contributed by atoms with E-state index in [0.29, 0.717) is 11.6 Å². The Hall–Kier alpha value is -2.02. The number of carbonyl (C=O) groups is 1. The van der Waals surface area contributed by atoms with Gasteiger partial charge in [-0.25, -0.2) is 0 Å². The van der Waals surface area contributed by atoms with Crippen molar-refractivity contribution in [2.45, 2.75) is 38.6 Å². The number of benzene rings is 1. The number of anilines is 1. The van der Waals surface area contributed by atoms with Crippen molar-refractivity contribution < 1.29 is 4.79 Å². The number of hydrogen-bond acceptors (Lipinski definition) is 3. The Kier molecular flexibility index (Phi) is 4.06. The molecule has 1 aliphatic rings. The second kappa shape index (κ2) is 5.75. The second-order valence-electron chi connectivity index (χ2n) is 5.26. The summed E-state index contributed by atoms with van der Waals surface area (Å²) in [5.41, 5.74) is 8.02. The Balaban J connectivity index is 2.01. The lowest BCUT2D eigenvalue weighted by molar-refractivity contribution is -0.122. The average molecular weight is 257 g/mol. The minimum atomic E-state index is -0.188. The molecule has 4 heteroatoms. The van der Waals surface area contributed by atoms with E-state index in [-0.39, 0.29) is 11.8 Å². The van der Waals surface area contributed by atoms with Crippen LogP contribution in [-0.2, 0) is 4.79 Å². The van der Waals surface area contributed by atoms with Crippen molar-refractivity contribution in [1.29, 1.82) is 5.26 Å². The van der Waals surface area contributed by atoms with Gasteiger partial charge in [0.25, 0.3) is 0 Å². The highest BCUT2D eigenvalue weighted by atomic mass is 16.1. The van der Waals surface area contributed by atoms with Gasteiger partial charge in [0.15, 0.2) is 0 Å². The van der Waals surface area contributed by atoms with Crippen molar-refractivity contribution in [3.05, 3.63) is 29.3 Å². The first-order valence-electron chi connectivity index (χ1n) is 6.66. The van der Waals surface area contributed by atoms with Gasteiger partial charge in [-0.1, -0.05) is 6.07 Å². The van der Waals surface area contributed by atoms with E-state index in [4.69, 9.17) is 11.0 Å². The summed E-state index contributed by atoms with van der Waals surface area (Å²) in [6.07, 6.45) is 3.51. The normalized spacial score (nSPS) is 22.5. The molecule has 0 saturated heterocycles. The number of primary amides is 1. The highest BCUT2D eigenvalue weighted by Crippen LogP contribution is 2.27. The predicted octanol–water partition coefficient (Wildman–Crippen LogP) is 2.32. The van der Waals surface area contributed by atoms with Crippen LogP contribution in [0, 0.1) is 24.2 Å². The first kappa shape index (κ1) is 13.4. The van der Waals surface area contributed by atoms with Crippen molar-refractivity contribution in [2.75, 3.05) is 5.32 Å². The van der Waals surface area contributed by atoms with Gasteiger partial charge in [-0.2, -0.15) is 5.26 Å². The molecule has 0 heterocycles. The maximum Gasteiger partial charge on any atom is 0.220 e. The maximum atomic E-state index is 11.1. The molecule has 19 heavy (non-hydrogen) atoms. The van der Waals surface area contributed by atoms with Gasteiger partial charge < -0.3 is 11.1 Å². The molecule has 0 aromatic heterocycles. The van der Waals surface area contributed by atoms with E-state index in [1.54, 1.807) is 0 Å². The highest BCUT2D eigenvalue weighted by molar-refractivity contribution is 5.76. The molecular weight excluding hydrogens is 238 g/mol. The molecule has 0 spiro atoms. The van der Waals surface area contributed by atoms with Gasteiger partial charge in [-0.05, 0) is 50.3 Å². The maximum absolute atomic E-state index is 11.1. The average Bonchev–Trinajstić information content (AvgIpc) is 2.39. The number of nitrogens with one attached hydrogen (secondary N) is 1. The molecule has 3 N–H and O–H groups in total. The number of hydrogen-bond donors (Lipinski definition) is 2. The Morgan fingerprint density at radius 3 is 2.63 bits per heavy atom. The topological polar surface area (TPSA) is 78.9 Å². The van der Waals surface area contributed by atoms with Crippen molar-refractivity contribution in [1.82, 2.24) is 0 Å². The molecule has 2 rings (SSSR count). The quantitative estimate of drug-likeness (QED) is 0.872. The van der Waals surface area contributed by atoms with Crippen LogP contribution in [0.4, 0.5) is 5.69 Å². The van der Waals surface area contributed by atoms with Crippen molar-refractivity contribution in [3.63, 3.8) is 0 Å². The van der Waals surface area contributed by atoms with Crippen molar-refractivity contribution >= 4 is 11.6 Å². The van der Waals surface area contributed by atoms with Gasteiger partial charge >= 0.3 is 0 Å². The Bertz CT molecular complexity index is 511. The molecule has 1 aromatic carbocycles. The van der Waals surface area contributed by atoms with Crippen LogP contribution in [-0.4, -0.2) is 11.9 Å². The van der Waals surface area contributed by atoms with Crippen LogP contribution < -0.4 is 11.1 Å². The summed E-state index contributed by atoms with van der Waals surface area (Å²) < 4.78 is 0. The van der Waals surface area contributed by atoms with E-state index in [1.165, 1.54) is 0 Å². The smallest absolute Gasteiger partial charge is 0.220 e. The molecule has 1 fully saturated rings. The Morgan fingerprint density at radius 1 is 1.37 bits per heavy atom. The summed E-state index contributed by atoms with van der Waals surface area (Å²) in [6.45, 7) is 2.01. The number of aryl methyl sites for hydroxylation is 1. The zero-order valence-electron chi connectivity index (χ0n) is 11.1. The minimum Gasteiger partial charge on any atom is -0.381 e. The molecule has 4 nitrogen and oxygen atoms in total. The molecular formula is C15H19N3O. The number of nitrogens with two attached hydrogens (primary N) is 1. The zero-order valence-corrected chi connectivity index (χ0v) is 11.1. The first-order chi connectivity index (χ1) is 9.10. The van der Waals surface area contributed by atoms with E-state index in [2.05, 4.69) is 11.4 Å². The van der Waals surface area contributed by atoms with Crippen LogP contribution in [0.1, 0.15) is 36.8 Å². The van der Waals surface area contributed by atoms with E-state index >= 15 is 0 Å². The standard InChI is InChI=1S/C15H19N3O/c1-10-2-3-12(9-16)14(8-10)18-13-6-4-11(5-7-13)15(17)19/h2-3,8,11,13,18H,4-7H2,1H3,(H2,17,19). The number of nitriles is 1. The fourth-order valence-electron chi connectivity index (χ4n) is 2.62. The summed E-state index contributed by atoms with van der Waals surface area (Å²) >= 11 is 0. The summed E-state index contributed by atoms with van der Waals surface area (Å²) in [5.74, 6) is -0.169. The first-order valence-corrected chi connectivity index (χ1v) is 6.66. The van der Waals surface area contributed by atoms with E-state index < -0.39 is 0 Å². The Labute approximate surface area is 113 Å². The number of rotatable bonds is 3. The lowest BCUT2D eigenvalue weighted by Crippen LogP contribution is -2.32. The Morgan fingerprint density at radius 2 is 2.05 bits per heavy atom. The molecule has 0 bridgehead atoms. The van der Waals surface area contributed by atoms with E-state index in [0.717, 1.165) is 36.9 Å². The van der Waals surface area contributed by atoms with Gasteiger partial charge in [0.2, 0.25) is 5.91 Å².